The summed E-state index contributed by atoms with van der Waals surface area (Å²) in [4.78, 5) is 15.5. The molecule has 1 amide bonds. The van der Waals surface area contributed by atoms with Crippen molar-refractivity contribution in [3.63, 3.8) is 0 Å². The molecule has 5 aliphatic rings. The van der Waals surface area contributed by atoms with Gasteiger partial charge in [-0.1, -0.05) is 18.2 Å². The summed E-state index contributed by atoms with van der Waals surface area (Å²) < 4.78 is 0. The number of rotatable bonds is 3. The highest BCUT2D eigenvalue weighted by Crippen LogP contribution is 2.63. The van der Waals surface area contributed by atoms with Crippen LogP contribution in [0.5, 0.6) is 0 Å². The lowest BCUT2D eigenvalue weighted by Crippen LogP contribution is -2.58. The topological polar surface area (TPSA) is 32.3 Å². The molecule has 0 radical (unpaired) electrons. The van der Waals surface area contributed by atoms with E-state index in [1.54, 1.807) is 0 Å². The van der Waals surface area contributed by atoms with Crippen molar-refractivity contribution in [2.45, 2.75) is 55.7 Å². The standard InChI is InChI=1S/C22H29ClN2O/c1-25-7-6-17(18-4-2-3-5-19(18)25)13-24-20(26)21-9-15-8-16(10-21)12-22(23,11-15)14-21/h2-5,15-17H,6-14H2,1H3,(H,24,26)/t15-,16-,17+,21?,22?/m1/s1. The van der Waals surface area contributed by atoms with Gasteiger partial charge in [-0.3, -0.25) is 4.79 Å². The molecule has 0 spiro atoms. The maximum absolute atomic E-state index is 13.3. The van der Waals surface area contributed by atoms with E-state index in [4.69, 9.17) is 11.6 Å². The Morgan fingerprint density at radius 1 is 1.23 bits per heavy atom. The zero-order chi connectivity index (χ0) is 17.9. The molecule has 3 nitrogen and oxygen atoms in total. The number of benzene rings is 1. The number of hydrogen-bond donors (Lipinski definition) is 1. The highest BCUT2D eigenvalue weighted by atomic mass is 35.5. The Labute approximate surface area is 161 Å². The minimum atomic E-state index is -0.184. The molecule has 26 heavy (non-hydrogen) atoms. The molecule has 0 unspecified atom stereocenters. The summed E-state index contributed by atoms with van der Waals surface area (Å²) in [6.07, 6.45) is 7.67. The van der Waals surface area contributed by atoms with Crippen LogP contribution in [0.3, 0.4) is 0 Å². The lowest BCUT2D eigenvalue weighted by atomic mass is 9.49. The van der Waals surface area contributed by atoms with Gasteiger partial charge in [-0.2, -0.15) is 0 Å². The molecular weight excluding hydrogens is 344 g/mol. The Hall–Kier alpha value is -1.22. The number of carbonyl (C=O) groups is 1. The van der Waals surface area contributed by atoms with Crippen molar-refractivity contribution in [1.29, 1.82) is 0 Å². The molecule has 140 valence electrons. The monoisotopic (exact) mass is 372 g/mol. The number of halogens is 1. The summed E-state index contributed by atoms with van der Waals surface area (Å²) in [6, 6.07) is 8.63. The summed E-state index contributed by atoms with van der Waals surface area (Å²) in [6.45, 7) is 1.81. The molecule has 4 saturated carbocycles. The third kappa shape index (κ3) is 2.66. The molecule has 1 aromatic rings. The molecular formula is C22H29ClN2O. The fraction of sp³-hybridized carbons (Fsp3) is 0.682. The van der Waals surface area contributed by atoms with Gasteiger partial charge >= 0.3 is 0 Å². The third-order valence-corrected chi connectivity index (χ3v) is 8.02. The molecule has 6 rings (SSSR count). The first-order valence-electron chi connectivity index (χ1n) is 10.2. The predicted molar refractivity (Wildman–Crippen MR) is 106 cm³/mol. The molecule has 4 fully saturated rings. The molecule has 1 heterocycles. The Balaban J connectivity index is 1.31. The highest BCUT2D eigenvalue weighted by molar-refractivity contribution is 6.24. The maximum Gasteiger partial charge on any atom is 0.226 e. The number of para-hydroxylation sites is 1. The van der Waals surface area contributed by atoms with Gasteiger partial charge < -0.3 is 10.2 Å². The van der Waals surface area contributed by atoms with E-state index in [-0.39, 0.29) is 16.2 Å². The van der Waals surface area contributed by atoms with Gasteiger partial charge in [0.05, 0.1) is 5.41 Å². The zero-order valence-electron chi connectivity index (χ0n) is 15.6. The number of alkyl halides is 1. The van der Waals surface area contributed by atoms with E-state index in [1.807, 2.05) is 0 Å². The second kappa shape index (κ2) is 5.89. The minimum absolute atomic E-state index is 0.0957. The van der Waals surface area contributed by atoms with Gasteiger partial charge in [-0.15, -0.1) is 11.6 Å². The summed E-state index contributed by atoms with van der Waals surface area (Å²) in [5, 5.41) is 3.37. The van der Waals surface area contributed by atoms with Crippen molar-refractivity contribution in [2.24, 2.45) is 17.3 Å². The van der Waals surface area contributed by atoms with Crippen LogP contribution in [0.1, 0.15) is 56.4 Å². The van der Waals surface area contributed by atoms with Crippen molar-refractivity contribution in [1.82, 2.24) is 5.32 Å². The van der Waals surface area contributed by atoms with E-state index >= 15 is 0 Å². The number of nitrogens with one attached hydrogen (secondary N) is 1. The molecule has 3 atom stereocenters. The largest absolute Gasteiger partial charge is 0.374 e. The SMILES string of the molecule is CN1CC[C@@H](CNC(=O)C23C[C@H]4C[C@@H](CC(Cl)(C4)C2)C3)c2ccccc21. The van der Waals surface area contributed by atoms with Crippen LogP contribution in [0.4, 0.5) is 5.69 Å². The first-order chi connectivity index (χ1) is 12.5. The fourth-order valence-corrected chi connectivity index (χ4v) is 7.53. The van der Waals surface area contributed by atoms with E-state index in [9.17, 15) is 4.79 Å². The minimum Gasteiger partial charge on any atom is -0.374 e. The van der Waals surface area contributed by atoms with Crippen LogP contribution in [0, 0.1) is 17.3 Å². The van der Waals surface area contributed by atoms with Crippen molar-refractivity contribution >= 4 is 23.2 Å². The molecule has 1 N–H and O–H groups in total. The van der Waals surface area contributed by atoms with Crippen LogP contribution in [0.15, 0.2) is 24.3 Å². The van der Waals surface area contributed by atoms with Crippen molar-refractivity contribution in [2.75, 3.05) is 25.0 Å². The van der Waals surface area contributed by atoms with Gasteiger partial charge in [0, 0.05) is 36.6 Å². The van der Waals surface area contributed by atoms with Gasteiger partial charge in [0.2, 0.25) is 5.91 Å². The highest BCUT2D eigenvalue weighted by Gasteiger charge is 2.60. The lowest BCUT2D eigenvalue weighted by molar-refractivity contribution is -0.144. The Morgan fingerprint density at radius 2 is 1.96 bits per heavy atom. The Kier molecular flexibility index (Phi) is 3.83. The molecule has 4 aliphatic carbocycles. The zero-order valence-corrected chi connectivity index (χ0v) is 16.4. The van der Waals surface area contributed by atoms with Crippen LogP contribution in [-0.4, -0.2) is 30.9 Å². The van der Waals surface area contributed by atoms with Gasteiger partial charge in [0.25, 0.3) is 0 Å². The van der Waals surface area contributed by atoms with E-state index in [1.165, 1.54) is 17.7 Å². The van der Waals surface area contributed by atoms with Crippen LogP contribution in [0.2, 0.25) is 0 Å². The Bertz CT molecular complexity index is 719. The number of fused-ring (bicyclic) bond motifs is 1. The summed E-state index contributed by atoms with van der Waals surface area (Å²) in [5.74, 6) is 2.05. The first-order valence-corrected chi connectivity index (χ1v) is 10.6. The average Bonchev–Trinajstić information content (AvgIpc) is 2.59. The van der Waals surface area contributed by atoms with Crippen molar-refractivity contribution in [3.8, 4) is 0 Å². The van der Waals surface area contributed by atoms with E-state index in [2.05, 4.69) is 41.5 Å². The molecule has 0 aromatic heterocycles. The normalized spacial score (nSPS) is 40.4. The summed E-state index contributed by atoms with van der Waals surface area (Å²) in [7, 11) is 2.16. The fourth-order valence-electron chi connectivity index (χ4n) is 6.84. The van der Waals surface area contributed by atoms with E-state index in [0.29, 0.717) is 17.8 Å². The van der Waals surface area contributed by atoms with Crippen LogP contribution in [0.25, 0.3) is 0 Å². The predicted octanol–water partition coefficient (Wildman–Crippen LogP) is 4.30. The maximum atomic E-state index is 13.3. The number of hydrogen-bond acceptors (Lipinski definition) is 2. The van der Waals surface area contributed by atoms with Gasteiger partial charge in [0.1, 0.15) is 0 Å². The molecule has 4 heteroatoms. The first kappa shape index (κ1) is 16.9. The van der Waals surface area contributed by atoms with Crippen molar-refractivity contribution < 1.29 is 4.79 Å². The third-order valence-electron chi connectivity index (χ3n) is 7.58. The van der Waals surface area contributed by atoms with Crippen LogP contribution >= 0.6 is 11.6 Å². The second-order valence-electron chi connectivity index (χ2n) is 9.57. The second-order valence-corrected chi connectivity index (χ2v) is 10.4. The molecule has 1 aromatic carbocycles. The smallest absolute Gasteiger partial charge is 0.226 e. The van der Waals surface area contributed by atoms with Crippen LogP contribution < -0.4 is 10.2 Å². The summed E-state index contributed by atoms with van der Waals surface area (Å²) >= 11 is 6.91. The van der Waals surface area contributed by atoms with E-state index < -0.39 is 0 Å². The van der Waals surface area contributed by atoms with Crippen LogP contribution in [-0.2, 0) is 4.79 Å². The number of carbonyl (C=O) groups excluding carboxylic acids is 1. The number of anilines is 1. The lowest BCUT2D eigenvalue weighted by Gasteiger charge is -2.59. The Morgan fingerprint density at radius 3 is 2.69 bits per heavy atom. The van der Waals surface area contributed by atoms with Gasteiger partial charge in [-0.25, -0.2) is 0 Å². The molecule has 0 saturated heterocycles. The van der Waals surface area contributed by atoms with Crippen molar-refractivity contribution in [3.05, 3.63) is 29.8 Å². The molecule has 1 aliphatic heterocycles. The quantitative estimate of drug-likeness (QED) is 0.802. The van der Waals surface area contributed by atoms with Gasteiger partial charge in [-0.05, 0) is 68.4 Å². The number of amides is 1. The number of nitrogens with zero attached hydrogens (tertiary/aromatic N) is 1. The summed E-state index contributed by atoms with van der Waals surface area (Å²) in [5.41, 5.74) is 2.50. The van der Waals surface area contributed by atoms with Gasteiger partial charge in [0.15, 0.2) is 0 Å². The average molecular weight is 373 g/mol. The van der Waals surface area contributed by atoms with E-state index in [0.717, 1.165) is 51.6 Å². The molecule has 4 bridgehead atoms.